The summed E-state index contributed by atoms with van der Waals surface area (Å²) in [4.78, 5) is 12.4. The van der Waals surface area contributed by atoms with Crippen LogP contribution in [0.25, 0.3) is 0 Å². The number of halogens is 5. The molecule has 1 N–H and O–H groups in total. The molecule has 0 aromatic heterocycles. The van der Waals surface area contributed by atoms with Crippen molar-refractivity contribution in [3.63, 3.8) is 0 Å². The lowest BCUT2D eigenvalue weighted by atomic mass is 9.75. The lowest BCUT2D eigenvalue weighted by molar-refractivity contribution is -0.137. The van der Waals surface area contributed by atoms with Crippen molar-refractivity contribution < 1.29 is 18.0 Å². The number of carbonyl (C=O) groups is 1. The van der Waals surface area contributed by atoms with E-state index in [1.807, 2.05) is 0 Å². The van der Waals surface area contributed by atoms with Crippen LogP contribution in [0.15, 0.2) is 42.5 Å². The Morgan fingerprint density at radius 1 is 1.08 bits per heavy atom. The van der Waals surface area contributed by atoms with E-state index in [0.717, 1.165) is 18.1 Å². The zero-order chi connectivity index (χ0) is 18.2. The summed E-state index contributed by atoms with van der Waals surface area (Å²) < 4.78 is 39.2. The fraction of sp³-hybridized carbons (Fsp3) is 0.278. The van der Waals surface area contributed by atoms with Gasteiger partial charge in [0.1, 0.15) is 0 Å². The number of nitrogens with one attached hydrogen (secondary N) is 1. The van der Waals surface area contributed by atoms with Crippen LogP contribution in [0.3, 0.4) is 0 Å². The van der Waals surface area contributed by atoms with Crippen LogP contribution in [0.4, 0.5) is 13.2 Å². The van der Waals surface area contributed by atoms with E-state index in [1.54, 1.807) is 18.2 Å². The van der Waals surface area contributed by atoms with Crippen molar-refractivity contribution in [1.29, 1.82) is 0 Å². The molecule has 7 heteroatoms. The Labute approximate surface area is 152 Å². The quantitative estimate of drug-likeness (QED) is 0.719. The van der Waals surface area contributed by atoms with Gasteiger partial charge in [0.2, 0.25) is 0 Å². The number of carbonyl (C=O) groups excluding carboxylic acids is 1. The number of benzene rings is 2. The van der Waals surface area contributed by atoms with Crippen LogP contribution in [0.2, 0.25) is 10.0 Å². The molecule has 0 heterocycles. The summed E-state index contributed by atoms with van der Waals surface area (Å²) in [6.45, 7) is 0. The predicted octanol–water partition coefficient (Wildman–Crippen LogP) is 5.69. The average molecular weight is 388 g/mol. The maximum Gasteiger partial charge on any atom is 0.417 e. The molecule has 0 aliphatic heterocycles. The third kappa shape index (κ3) is 3.77. The number of alkyl halides is 3. The second kappa shape index (κ2) is 6.89. The van der Waals surface area contributed by atoms with E-state index >= 15 is 0 Å². The van der Waals surface area contributed by atoms with Crippen molar-refractivity contribution in [3.8, 4) is 0 Å². The predicted molar refractivity (Wildman–Crippen MR) is 91.1 cm³/mol. The van der Waals surface area contributed by atoms with Gasteiger partial charge in [0.15, 0.2) is 0 Å². The smallest absolute Gasteiger partial charge is 0.349 e. The number of hydrogen-bond acceptors (Lipinski definition) is 1. The van der Waals surface area contributed by atoms with Crippen molar-refractivity contribution in [2.24, 2.45) is 0 Å². The monoisotopic (exact) mass is 387 g/mol. The first kappa shape index (κ1) is 18.1. The van der Waals surface area contributed by atoms with Crippen LogP contribution in [0, 0.1) is 0 Å². The Bertz CT molecular complexity index is 807. The molecule has 1 saturated carbocycles. The minimum absolute atomic E-state index is 0.0354. The summed E-state index contributed by atoms with van der Waals surface area (Å²) >= 11 is 12.1. The summed E-state index contributed by atoms with van der Waals surface area (Å²) in [6, 6.07) is 9.62. The third-order valence-corrected chi connectivity index (χ3v) is 4.99. The van der Waals surface area contributed by atoms with E-state index in [4.69, 9.17) is 23.2 Å². The molecule has 2 aromatic rings. The van der Waals surface area contributed by atoms with E-state index < -0.39 is 17.6 Å². The summed E-state index contributed by atoms with van der Waals surface area (Å²) in [5.41, 5.74) is -0.470. The highest BCUT2D eigenvalue weighted by Crippen LogP contribution is 2.41. The van der Waals surface area contributed by atoms with Gasteiger partial charge < -0.3 is 5.32 Å². The Balaban J connectivity index is 1.78. The molecule has 0 unspecified atom stereocenters. The van der Waals surface area contributed by atoms with E-state index in [1.165, 1.54) is 18.2 Å². The highest BCUT2D eigenvalue weighted by atomic mass is 35.5. The van der Waals surface area contributed by atoms with E-state index in [9.17, 15) is 18.0 Å². The van der Waals surface area contributed by atoms with Crippen LogP contribution >= 0.6 is 23.2 Å². The minimum atomic E-state index is -4.58. The van der Waals surface area contributed by atoms with Crippen molar-refractivity contribution >= 4 is 29.1 Å². The molecule has 0 saturated heterocycles. The first-order valence-corrected chi connectivity index (χ1v) is 8.45. The first-order valence-electron chi connectivity index (χ1n) is 7.69. The molecule has 1 aliphatic carbocycles. The van der Waals surface area contributed by atoms with Crippen molar-refractivity contribution in [1.82, 2.24) is 5.32 Å². The molecule has 0 bridgehead atoms. The molecule has 2 aromatic carbocycles. The Hall–Kier alpha value is -1.72. The van der Waals surface area contributed by atoms with Gasteiger partial charge >= 0.3 is 6.18 Å². The Kier molecular flexibility index (Phi) is 4.98. The second-order valence-corrected chi connectivity index (χ2v) is 6.82. The number of hydrogen-bond donors (Lipinski definition) is 1. The van der Waals surface area contributed by atoms with Gasteiger partial charge in [-0.1, -0.05) is 41.4 Å². The third-order valence-electron chi connectivity index (χ3n) is 4.43. The summed E-state index contributed by atoms with van der Waals surface area (Å²) in [7, 11) is 0. The standard InChI is InChI=1S/C18H14Cl2F3NO/c19-10-5-6-11(15(20)9-10)12-7-8-16(12)24-17(25)13-3-1-2-4-14(13)18(21,22)23/h1-6,9,12,16H,7-8H2,(H,24,25)/t12-,16+/m1/s1. The van der Waals surface area contributed by atoms with Gasteiger partial charge in [0.05, 0.1) is 11.1 Å². The lowest BCUT2D eigenvalue weighted by Crippen LogP contribution is -2.45. The molecule has 25 heavy (non-hydrogen) atoms. The Morgan fingerprint density at radius 2 is 1.80 bits per heavy atom. The normalized spacial score (nSPS) is 20.0. The van der Waals surface area contributed by atoms with Gasteiger partial charge in [-0.2, -0.15) is 13.2 Å². The van der Waals surface area contributed by atoms with Gasteiger partial charge in [-0.3, -0.25) is 4.79 Å². The van der Waals surface area contributed by atoms with Gasteiger partial charge in [0.25, 0.3) is 5.91 Å². The minimum Gasteiger partial charge on any atom is -0.349 e. The van der Waals surface area contributed by atoms with Crippen LogP contribution in [-0.4, -0.2) is 11.9 Å². The van der Waals surface area contributed by atoms with Crippen molar-refractivity contribution in [3.05, 3.63) is 69.2 Å². The maximum absolute atomic E-state index is 13.1. The molecule has 1 amide bonds. The second-order valence-electron chi connectivity index (χ2n) is 5.97. The lowest BCUT2D eigenvalue weighted by Gasteiger charge is -2.38. The summed E-state index contributed by atoms with van der Waals surface area (Å²) in [6.07, 6.45) is -3.09. The molecule has 0 spiro atoms. The highest BCUT2D eigenvalue weighted by Gasteiger charge is 2.38. The zero-order valence-electron chi connectivity index (χ0n) is 12.9. The largest absolute Gasteiger partial charge is 0.417 e. The van der Waals surface area contributed by atoms with E-state index in [0.29, 0.717) is 16.5 Å². The zero-order valence-corrected chi connectivity index (χ0v) is 14.4. The summed E-state index contributed by atoms with van der Waals surface area (Å²) in [5.74, 6) is -0.764. The molecule has 0 radical (unpaired) electrons. The molecule has 3 rings (SSSR count). The molecule has 132 valence electrons. The highest BCUT2D eigenvalue weighted by molar-refractivity contribution is 6.35. The summed E-state index contributed by atoms with van der Waals surface area (Å²) in [5, 5.41) is 3.70. The van der Waals surface area contributed by atoms with E-state index in [2.05, 4.69) is 5.32 Å². The Morgan fingerprint density at radius 3 is 2.40 bits per heavy atom. The van der Waals surface area contributed by atoms with Gasteiger partial charge in [0, 0.05) is 22.0 Å². The fourth-order valence-electron chi connectivity index (χ4n) is 3.02. The van der Waals surface area contributed by atoms with Gasteiger partial charge in [-0.25, -0.2) is 0 Å². The SMILES string of the molecule is O=C(N[C@H]1CC[C@@H]1c1ccc(Cl)cc1Cl)c1ccccc1C(F)(F)F. The van der Waals surface area contributed by atoms with Gasteiger partial charge in [-0.05, 0) is 42.7 Å². The molecule has 1 fully saturated rings. The maximum atomic E-state index is 13.1. The van der Waals surface area contributed by atoms with Crippen LogP contribution in [0.5, 0.6) is 0 Å². The van der Waals surface area contributed by atoms with Crippen LogP contribution < -0.4 is 5.32 Å². The fourth-order valence-corrected chi connectivity index (χ4v) is 3.57. The molecular formula is C18H14Cl2F3NO. The van der Waals surface area contributed by atoms with Crippen molar-refractivity contribution in [2.75, 3.05) is 0 Å². The molecule has 1 aliphatic rings. The molecule has 2 nitrogen and oxygen atoms in total. The van der Waals surface area contributed by atoms with Crippen LogP contribution in [0.1, 0.15) is 40.2 Å². The van der Waals surface area contributed by atoms with Crippen LogP contribution in [-0.2, 0) is 6.18 Å². The topological polar surface area (TPSA) is 29.1 Å². The average Bonchev–Trinajstić information content (AvgIpc) is 2.53. The molecule has 2 atom stereocenters. The van der Waals surface area contributed by atoms with Gasteiger partial charge in [-0.15, -0.1) is 0 Å². The first-order chi connectivity index (χ1) is 11.8. The number of amides is 1. The molecular weight excluding hydrogens is 374 g/mol. The van der Waals surface area contributed by atoms with Crippen molar-refractivity contribution in [2.45, 2.75) is 31.0 Å². The number of rotatable bonds is 3. The van der Waals surface area contributed by atoms with E-state index in [-0.39, 0.29) is 17.5 Å².